The second-order valence-electron chi connectivity index (χ2n) is 23.6. The molecule has 9 aromatic carbocycles. The summed E-state index contributed by atoms with van der Waals surface area (Å²) in [5.74, 6) is 1.61. The molecule has 0 aliphatic rings. The van der Waals surface area contributed by atoms with Crippen LogP contribution in [0.15, 0.2) is 237 Å². The molecule has 1 N–H and O–H groups in total. The van der Waals surface area contributed by atoms with E-state index in [1.807, 2.05) is 12.3 Å². The van der Waals surface area contributed by atoms with Crippen LogP contribution in [0.25, 0.3) is 72.7 Å². The van der Waals surface area contributed by atoms with Gasteiger partial charge in [0.15, 0.2) is 0 Å². The summed E-state index contributed by atoms with van der Waals surface area (Å²) in [6, 6.07) is 81.7. The largest absolute Gasteiger partial charge is 0.530 e. The Morgan fingerprint density at radius 1 is 0.423 bits per heavy atom. The van der Waals surface area contributed by atoms with E-state index < -0.39 is 8.32 Å². The predicted molar refractivity (Wildman–Crippen MR) is 328 cm³/mol. The molecule has 0 unspecified atom stereocenters. The number of phenols is 1. The molecular weight excluding hydrogens is 967 g/mol. The van der Waals surface area contributed by atoms with Crippen LogP contribution in [0.1, 0.15) is 79.0 Å². The normalized spacial score (nSPS) is 12.2. The van der Waals surface area contributed by atoms with E-state index in [1.54, 1.807) is 0 Å². The highest BCUT2D eigenvalue weighted by Crippen LogP contribution is 2.46. The number of aromatic hydroxyl groups is 1. The Morgan fingerprint density at radius 3 is 1.53 bits per heavy atom. The lowest BCUT2D eigenvalue weighted by molar-refractivity contribution is 0.446. The molecule has 0 atom stereocenters. The standard InChI is InChI=1S/C72H67N3O2Si/c1-70(2,3)54-43-52(42-53(44-54)64-45-51(40-41-73-64)49-26-15-10-16-27-49)60-36-25-37-66-67(60)74-69(62-46-55(71(4,5)6)47-63(68(62)76)72(7,8)9)75(66)65-39-38-56(48-61(65)50-28-17-11-18-29-50)77-78(57-30-19-12-20-31-57,58-32-21-13-22-33-58)59-34-23-14-24-35-59/h10-48,76H,1-9H3. The minimum Gasteiger partial charge on any atom is -0.530 e. The third-order valence-electron chi connectivity index (χ3n) is 15.1. The number of benzene rings is 9. The van der Waals surface area contributed by atoms with E-state index in [2.05, 4.69) is 291 Å². The van der Waals surface area contributed by atoms with Gasteiger partial charge < -0.3 is 9.53 Å². The molecule has 0 saturated heterocycles. The van der Waals surface area contributed by atoms with Crippen molar-refractivity contribution in [3.8, 4) is 73.2 Å². The lowest BCUT2D eigenvalue weighted by Gasteiger charge is -2.34. The number of hydrogen-bond donors (Lipinski definition) is 1. The second-order valence-corrected chi connectivity index (χ2v) is 26.9. The van der Waals surface area contributed by atoms with Gasteiger partial charge in [-0.1, -0.05) is 238 Å². The van der Waals surface area contributed by atoms with Crippen molar-refractivity contribution in [2.45, 2.75) is 78.6 Å². The molecule has 0 aliphatic carbocycles. The summed E-state index contributed by atoms with van der Waals surface area (Å²) >= 11 is 0. The van der Waals surface area contributed by atoms with Gasteiger partial charge in [0.1, 0.15) is 17.3 Å². The second kappa shape index (κ2) is 20.4. The number of nitrogens with zero attached hydrogens (tertiary/aromatic N) is 3. The Kier molecular flexibility index (Phi) is 13.5. The Morgan fingerprint density at radius 2 is 0.962 bits per heavy atom. The zero-order valence-electron chi connectivity index (χ0n) is 46.2. The van der Waals surface area contributed by atoms with Crippen LogP contribution in [0.2, 0.25) is 0 Å². The number of rotatable bonds is 11. The number of pyridine rings is 1. The fourth-order valence-corrected chi connectivity index (χ4v) is 14.6. The van der Waals surface area contributed by atoms with Crippen molar-refractivity contribution in [3.63, 3.8) is 0 Å². The van der Waals surface area contributed by atoms with E-state index in [0.717, 1.165) is 93.8 Å². The van der Waals surface area contributed by atoms with Gasteiger partial charge in [0.25, 0.3) is 0 Å². The van der Waals surface area contributed by atoms with Gasteiger partial charge in [-0.15, -0.1) is 0 Å². The summed E-state index contributed by atoms with van der Waals surface area (Å²) in [4.78, 5) is 10.8. The molecule has 0 fully saturated rings. The topological polar surface area (TPSA) is 60.2 Å². The van der Waals surface area contributed by atoms with Gasteiger partial charge >= 0.3 is 8.32 Å². The Labute approximate surface area is 461 Å². The summed E-state index contributed by atoms with van der Waals surface area (Å²) in [5, 5.41) is 16.3. The molecule has 6 heteroatoms. The van der Waals surface area contributed by atoms with Gasteiger partial charge in [0, 0.05) is 28.5 Å². The van der Waals surface area contributed by atoms with Crippen LogP contribution in [-0.4, -0.2) is 28.0 Å². The monoisotopic (exact) mass is 1030 g/mol. The van der Waals surface area contributed by atoms with Crippen LogP contribution in [0.4, 0.5) is 0 Å². The van der Waals surface area contributed by atoms with Gasteiger partial charge in [-0.05, 0) is 120 Å². The minimum absolute atomic E-state index is 0.181. The fraction of sp³-hybridized carbons (Fsp3) is 0.167. The molecule has 5 nitrogen and oxygen atoms in total. The number of fused-ring (bicyclic) bond motifs is 1. The van der Waals surface area contributed by atoms with Gasteiger partial charge in [-0.3, -0.25) is 9.55 Å². The summed E-state index contributed by atoms with van der Waals surface area (Å²) in [6.07, 6.45) is 1.91. The zero-order chi connectivity index (χ0) is 54.4. The predicted octanol–water partition coefficient (Wildman–Crippen LogP) is 16.4. The Bertz CT molecular complexity index is 3830. The molecule has 11 aromatic rings. The minimum atomic E-state index is -3.21. The van der Waals surface area contributed by atoms with E-state index in [1.165, 1.54) is 5.56 Å². The van der Waals surface area contributed by atoms with Crippen LogP contribution in [0.5, 0.6) is 11.5 Å². The summed E-state index contributed by atoms with van der Waals surface area (Å²) in [6.45, 7) is 20.0. The third-order valence-corrected chi connectivity index (χ3v) is 19.1. The molecular formula is C72H67N3O2Si. The molecule has 0 spiro atoms. The molecule has 0 bridgehead atoms. The maximum absolute atomic E-state index is 12.9. The van der Waals surface area contributed by atoms with Gasteiger partial charge in [-0.2, -0.15) is 0 Å². The molecule has 0 aliphatic heterocycles. The molecule has 0 saturated carbocycles. The SMILES string of the molecule is CC(C)(C)c1cc(-c2cc(-c3ccccc3)ccn2)cc(-c2cccc3c2nc(-c2cc(C(C)(C)C)cc(C(C)(C)C)c2O)n3-c2ccc(O[Si](c3ccccc3)(c3ccccc3)c3ccccc3)cc2-c2ccccc2)c1. The van der Waals surface area contributed by atoms with Crippen molar-refractivity contribution in [1.29, 1.82) is 0 Å². The quantitative estimate of drug-likeness (QED) is 0.104. The number of aromatic nitrogens is 3. The molecule has 0 radical (unpaired) electrons. The highest BCUT2D eigenvalue weighted by molar-refractivity contribution is 7.07. The van der Waals surface area contributed by atoms with Crippen molar-refractivity contribution < 1.29 is 9.53 Å². The highest BCUT2D eigenvalue weighted by atomic mass is 28.4. The van der Waals surface area contributed by atoms with Crippen LogP contribution in [0.3, 0.4) is 0 Å². The maximum atomic E-state index is 12.9. The van der Waals surface area contributed by atoms with Crippen molar-refractivity contribution in [2.75, 3.05) is 0 Å². The van der Waals surface area contributed by atoms with Gasteiger partial charge in [0.2, 0.25) is 0 Å². The van der Waals surface area contributed by atoms with E-state index in [0.29, 0.717) is 11.4 Å². The van der Waals surface area contributed by atoms with E-state index in [9.17, 15) is 5.11 Å². The van der Waals surface area contributed by atoms with Gasteiger partial charge in [0.05, 0.1) is 28.0 Å². The van der Waals surface area contributed by atoms with Gasteiger partial charge in [-0.25, -0.2) is 4.98 Å². The molecule has 386 valence electrons. The Balaban J connectivity index is 1.19. The molecule has 11 rings (SSSR count). The first kappa shape index (κ1) is 51.5. The summed E-state index contributed by atoms with van der Waals surface area (Å²) in [5.41, 5.74) is 13.8. The molecule has 0 amide bonds. The first-order valence-electron chi connectivity index (χ1n) is 27.1. The zero-order valence-corrected chi connectivity index (χ0v) is 47.2. The summed E-state index contributed by atoms with van der Waals surface area (Å²) < 4.78 is 10.1. The van der Waals surface area contributed by atoms with Crippen LogP contribution >= 0.6 is 0 Å². The van der Waals surface area contributed by atoms with Crippen molar-refractivity contribution in [1.82, 2.24) is 14.5 Å². The van der Waals surface area contributed by atoms with Crippen molar-refractivity contribution >= 4 is 34.9 Å². The lowest BCUT2D eigenvalue weighted by Crippen LogP contribution is -2.71. The van der Waals surface area contributed by atoms with Crippen LogP contribution in [-0.2, 0) is 16.2 Å². The maximum Gasteiger partial charge on any atom is 0.346 e. The first-order chi connectivity index (χ1) is 37.5. The van der Waals surface area contributed by atoms with Crippen LogP contribution in [0, 0.1) is 0 Å². The highest BCUT2D eigenvalue weighted by Gasteiger charge is 2.44. The lowest BCUT2D eigenvalue weighted by atomic mass is 9.79. The Hall–Kier alpha value is -8.58. The van der Waals surface area contributed by atoms with Crippen LogP contribution < -0.4 is 20.0 Å². The number of phenolic OH excluding ortho intramolecular Hbond substituents is 1. The molecule has 2 aromatic heterocycles. The molecule has 2 heterocycles. The van der Waals surface area contributed by atoms with Crippen molar-refractivity contribution in [3.05, 3.63) is 253 Å². The number of imidazole rings is 1. The first-order valence-corrected chi connectivity index (χ1v) is 29.0. The smallest absolute Gasteiger partial charge is 0.346 e. The number of hydrogen-bond acceptors (Lipinski definition) is 4. The molecule has 78 heavy (non-hydrogen) atoms. The van der Waals surface area contributed by atoms with E-state index in [4.69, 9.17) is 14.4 Å². The fourth-order valence-electron chi connectivity index (χ4n) is 10.8. The van der Waals surface area contributed by atoms with E-state index >= 15 is 0 Å². The van der Waals surface area contributed by atoms with Crippen molar-refractivity contribution in [2.24, 2.45) is 0 Å². The number of para-hydroxylation sites is 1. The average Bonchev–Trinajstić information content (AvgIpc) is 3.99. The van der Waals surface area contributed by atoms with E-state index in [-0.39, 0.29) is 22.0 Å². The third kappa shape index (κ3) is 9.89. The summed E-state index contributed by atoms with van der Waals surface area (Å²) in [7, 11) is -3.21. The average molecular weight is 1030 g/mol.